The summed E-state index contributed by atoms with van der Waals surface area (Å²) in [6.07, 6.45) is 2.60. The highest BCUT2D eigenvalue weighted by Crippen LogP contribution is 2.02. The second kappa shape index (κ2) is 8.40. The first-order valence-electron chi connectivity index (χ1n) is 7.78. The van der Waals surface area contributed by atoms with E-state index in [-0.39, 0.29) is 5.97 Å². The molecule has 1 atom stereocenters. The topological polar surface area (TPSA) is 52.3 Å². The van der Waals surface area contributed by atoms with Crippen LogP contribution in [-0.2, 0) is 9.45 Å². The molecule has 22 heavy (non-hydrogen) atoms. The lowest BCUT2D eigenvalue weighted by Gasteiger charge is -2.18. The van der Waals surface area contributed by atoms with Crippen LogP contribution in [0.15, 0.2) is 60.7 Å². The van der Waals surface area contributed by atoms with Gasteiger partial charge in [-0.15, -0.1) is 0 Å². The lowest BCUT2D eigenvalue weighted by atomic mass is 9.55. The third kappa shape index (κ3) is 4.47. The van der Waals surface area contributed by atoms with E-state index in [9.17, 15) is 4.79 Å². The first kappa shape index (κ1) is 16.3. The number of carbonyl (C=O) groups excluding carboxylic acids is 1. The molecule has 0 heterocycles. The van der Waals surface area contributed by atoms with E-state index in [1.807, 2.05) is 60.7 Å². The Bertz CT molecular complexity index is 535. The molecule has 0 aliphatic heterocycles. The van der Waals surface area contributed by atoms with Crippen molar-refractivity contribution < 1.29 is 9.45 Å². The Labute approximate surface area is 132 Å². The molecule has 4 heteroatoms. The predicted octanol–water partition coefficient (Wildman–Crippen LogP) is 1.85. The highest BCUT2D eigenvalue weighted by Gasteiger charge is 2.27. The summed E-state index contributed by atoms with van der Waals surface area (Å²) in [4.78, 5) is 12.3. The molecule has 0 amide bonds. The maximum atomic E-state index is 12.3. The maximum Gasteiger partial charge on any atom is 0.429 e. The molecule has 0 aliphatic rings. The summed E-state index contributed by atoms with van der Waals surface area (Å²) < 4.78 is 5.72. The zero-order chi connectivity index (χ0) is 15.8. The van der Waals surface area contributed by atoms with Gasteiger partial charge in [0.15, 0.2) is 0 Å². The number of nitrogens with two attached hydrogens (primary N) is 1. The van der Waals surface area contributed by atoms with Crippen molar-refractivity contribution in [3.8, 4) is 0 Å². The summed E-state index contributed by atoms with van der Waals surface area (Å²) in [6, 6.07) is 18.9. The quantitative estimate of drug-likeness (QED) is 0.793. The van der Waals surface area contributed by atoms with Crippen molar-refractivity contribution in [3.05, 3.63) is 60.7 Å². The highest BCUT2D eigenvalue weighted by molar-refractivity contribution is 6.81. The van der Waals surface area contributed by atoms with Gasteiger partial charge in [0.25, 0.3) is 0 Å². The van der Waals surface area contributed by atoms with Gasteiger partial charge in [-0.25, -0.2) is 0 Å². The lowest BCUT2D eigenvalue weighted by Crippen LogP contribution is -2.49. The van der Waals surface area contributed by atoms with Crippen LogP contribution in [0.25, 0.3) is 0 Å². The number of hydrogen-bond donors (Lipinski definition) is 1. The Morgan fingerprint density at radius 3 is 2.00 bits per heavy atom. The van der Waals surface area contributed by atoms with Gasteiger partial charge in [0.05, 0.1) is 0 Å². The van der Waals surface area contributed by atoms with Crippen molar-refractivity contribution in [2.75, 3.05) is 0 Å². The number of carbonyl (C=O) groups is 1. The van der Waals surface area contributed by atoms with Crippen LogP contribution in [0.5, 0.6) is 0 Å². The lowest BCUT2D eigenvalue weighted by molar-refractivity contribution is -0.136. The summed E-state index contributed by atoms with van der Waals surface area (Å²) in [5.41, 5.74) is 7.83. The van der Waals surface area contributed by atoms with E-state index >= 15 is 0 Å². The predicted molar refractivity (Wildman–Crippen MR) is 91.5 cm³/mol. The highest BCUT2D eigenvalue weighted by atomic mass is 16.5. The molecule has 2 N–H and O–H groups in total. The van der Waals surface area contributed by atoms with Gasteiger partial charge < -0.3 is 10.4 Å². The van der Waals surface area contributed by atoms with Gasteiger partial charge in [0.2, 0.25) is 0 Å². The van der Waals surface area contributed by atoms with Crippen LogP contribution in [0.1, 0.15) is 26.2 Å². The Morgan fingerprint density at radius 2 is 1.55 bits per heavy atom. The van der Waals surface area contributed by atoms with Gasteiger partial charge in [-0.2, -0.15) is 0 Å². The van der Waals surface area contributed by atoms with E-state index in [2.05, 4.69) is 6.92 Å². The van der Waals surface area contributed by atoms with Crippen LogP contribution in [-0.4, -0.2) is 18.9 Å². The van der Waals surface area contributed by atoms with Crippen molar-refractivity contribution in [2.24, 2.45) is 5.73 Å². The molecule has 2 rings (SSSR count). The van der Waals surface area contributed by atoms with E-state index < -0.39 is 13.0 Å². The molecule has 0 aliphatic carbocycles. The molecule has 0 saturated carbocycles. The van der Waals surface area contributed by atoms with Crippen molar-refractivity contribution in [1.82, 2.24) is 0 Å². The van der Waals surface area contributed by atoms with Gasteiger partial charge >= 0.3 is 12.9 Å². The summed E-state index contributed by atoms with van der Waals surface area (Å²) in [5, 5.41) is 0. The van der Waals surface area contributed by atoms with Crippen LogP contribution in [0, 0.1) is 0 Å². The van der Waals surface area contributed by atoms with Crippen molar-refractivity contribution in [2.45, 2.75) is 32.2 Å². The third-order valence-electron chi connectivity index (χ3n) is 3.61. The first-order chi connectivity index (χ1) is 10.7. The number of hydrogen-bond acceptors (Lipinski definition) is 3. The fourth-order valence-electron chi connectivity index (χ4n) is 2.33. The smallest absolute Gasteiger partial charge is 0.429 e. The van der Waals surface area contributed by atoms with Crippen molar-refractivity contribution in [1.29, 1.82) is 0 Å². The monoisotopic (exact) mass is 295 g/mol. The second-order valence-corrected chi connectivity index (χ2v) is 5.39. The van der Waals surface area contributed by atoms with E-state index in [0.717, 1.165) is 23.8 Å². The van der Waals surface area contributed by atoms with Crippen molar-refractivity contribution >= 4 is 23.8 Å². The zero-order valence-corrected chi connectivity index (χ0v) is 12.9. The Morgan fingerprint density at radius 1 is 1.05 bits per heavy atom. The molecule has 0 radical (unpaired) electrons. The Kier molecular flexibility index (Phi) is 6.22. The molecule has 0 bridgehead atoms. The molecule has 0 unspecified atom stereocenters. The summed E-state index contributed by atoms with van der Waals surface area (Å²) >= 11 is 0. The molecule has 3 nitrogen and oxygen atoms in total. The van der Waals surface area contributed by atoms with Gasteiger partial charge in [-0.1, -0.05) is 80.4 Å². The molecule has 0 spiro atoms. The molecule has 114 valence electrons. The molecular formula is C18H22BNO2. The fraction of sp³-hybridized carbons (Fsp3) is 0.278. The molecule has 2 aromatic carbocycles. The minimum Gasteiger partial charge on any atom is -0.525 e. The molecule has 0 saturated heterocycles. The largest absolute Gasteiger partial charge is 0.525 e. The number of benzene rings is 2. The van der Waals surface area contributed by atoms with Crippen LogP contribution < -0.4 is 16.7 Å². The Balaban J connectivity index is 2.17. The van der Waals surface area contributed by atoms with Crippen LogP contribution in [0.3, 0.4) is 0 Å². The molecular weight excluding hydrogens is 273 g/mol. The standard InChI is InChI=1S/C18H22BNO2/c1-2-3-14-17(20)18(21)22-19(15-10-6-4-7-11-15)16-12-8-5-9-13-16/h4-13,17H,2-3,14,20H2,1H3/t17-/m1/s1. The second-order valence-electron chi connectivity index (χ2n) is 5.39. The van der Waals surface area contributed by atoms with E-state index in [1.54, 1.807) is 0 Å². The summed E-state index contributed by atoms with van der Waals surface area (Å²) in [5.74, 6) is -0.342. The fourth-order valence-corrected chi connectivity index (χ4v) is 2.33. The van der Waals surface area contributed by atoms with Crippen LogP contribution in [0.2, 0.25) is 0 Å². The molecule has 2 aromatic rings. The zero-order valence-electron chi connectivity index (χ0n) is 12.9. The number of rotatable bonds is 7. The minimum absolute atomic E-state index is 0.342. The van der Waals surface area contributed by atoms with Crippen molar-refractivity contribution in [3.63, 3.8) is 0 Å². The molecule has 0 aromatic heterocycles. The Hall–Kier alpha value is -2.07. The van der Waals surface area contributed by atoms with Gasteiger partial charge in [-0.05, 0) is 17.3 Å². The average molecular weight is 295 g/mol. The van der Waals surface area contributed by atoms with Crippen LogP contribution in [0.4, 0.5) is 0 Å². The normalized spacial score (nSPS) is 11.7. The number of unbranched alkanes of at least 4 members (excludes halogenated alkanes) is 1. The first-order valence-corrected chi connectivity index (χ1v) is 7.78. The van der Waals surface area contributed by atoms with E-state index in [0.29, 0.717) is 6.42 Å². The van der Waals surface area contributed by atoms with E-state index in [4.69, 9.17) is 10.4 Å². The minimum atomic E-state index is -0.560. The average Bonchev–Trinajstić information content (AvgIpc) is 2.58. The summed E-state index contributed by atoms with van der Waals surface area (Å²) in [6.45, 7) is 1.66. The maximum absolute atomic E-state index is 12.3. The van der Waals surface area contributed by atoms with Crippen LogP contribution >= 0.6 is 0 Å². The molecule has 0 fully saturated rings. The van der Waals surface area contributed by atoms with Gasteiger partial charge in [0.1, 0.15) is 6.04 Å². The SMILES string of the molecule is CCCC[C@@H](N)C(=O)OB(c1ccccc1)c1ccccc1. The summed E-state index contributed by atoms with van der Waals surface area (Å²) in [7, 11) is 0. The third-order valence-corrected chi connectivity index (χ3v) is 3.61. The van der Waals surface area contributed by atoms with Gasteiger partial charge in [-0.3, -0.25) is 4.79 Å². The van der Waals surface area contributed by atoms with Gasteiger partial charge in [0, 0.05) is 0 Å². The van der Waals surface area contributed by atoms with E-state index in [1.165, 1.54) is 0 Å².